The number of aryl methyl sites for hydroxylation is 1. The van der Waals surface area contributed by atoms with Gasteiger partial charge in [-0.25, -0.2) is 0 Å². The molecule has 1 amide bonds. The number of nitrogens with one attached hydrogen (secondary N) is 2. The Hall–Kier alpha value is -1.92. The summed E-state index contributed by atoms with van der Waals surface area (Å²) in [6.45, 7) is 12.0. The lowest BCUT2D eigenvalue weighted by atomic mass is 10.0. The average Bonchev–Trinajstić information content (AvgIpc) is 2.90. The molecule has 6 nitrogen and oxygen atoms in total. The number of hydrogen-bond acceptors (Lipinski definition) is 4. The molecular formula is C19H28N4O2. The second-order valence-corrected chi connectivity index (χ2v) is 7.76. The van der Waals surface area contributed by atoms with Crippen LogP contribution in [0.15, 0.2) is 18.3 Å². The molecule has 1 aliphatic heterocycles. The SMILES string of the molecule is Cc1c(C(=O)NCCOC(C)(C)C)ccc2nn(CC3CNC3)cc12. The van der Waals surface area contributed by atoms with Crippen molar-refractivity contribution in [3.63, 3.8) is 0 Å². The molecule has 2 heterocycles. The molecule has 0 saturated carbocycles. The van der Waals surface area contributed by atoms with Crippen LogP contribution >= 0.6 is 0 Å². The maximum atomic E-state index is 12.5. The second kappa shape index (κ2) is 7.14. The van der Waals surface area contributed by atoms with Crippen molar-refractivity contribution in [1.82, 2.24) is 20.4 Å². The van der Waals surface area contributed by atoms with Crippen LogP contribution in [0.1, 0.15) is 36.7 Å². The highest BCUT2D eigenvalue weighted by atomic mass is 16.5. The summed E-state index contributed by atoms with van der Waals surface area (Å²) in [5, 5.41) is 11.9. The van der Waals surface area contributed by atoms with Crippen LogP contribution in [0.2, 0.25) is 0 Å². The molecule has 0 unspecified atom stereocenters. The number of carbonyl (C=O) groups is 1. The van der Waals surface area contributed by atoms with E-state index in [2.05, 4.69) is 21.9 Å². The standard InChI is InChI=1S/C19H28N4O2/c1-13-15(18(24)21-7-8-25-19(2,3)4)5-6-17-16(13)12-23(22-17)11-14-9-20-10-14/h5-6,12,14,20H,7-11H2,1-4H3,(H,21,24). The fraction of sp³-hybridized carbons (Fsp3) is 0.579. The Bertz CT molecular complexity index is 757. The van der Waals surface area contributed by atoms with Gasteiger partial charge in [0.2, 0.25) is 0 Å². The summed E-state index contributed by atoms with van der Waals surface area (Å²) in [6.07, 6.45) is 2.06. The molecule has 2 N–H and O–H groups in total. The third-order valence-corrected chi connectivity index (χ3v) is 4.48. The zero-order valence-electron chi connectivity index (χ0n) is 15.6. The van der Waals surface area contributed by atoms with Crippen LogP contribution in [-0.2, 0) is 11.3 Å². The maximum Gasteiger partial charge on any atom is 0.251 e. The number of hydrogen-bond donors (Lipinski definition) is 2. The first-order valence-electron chi connectivity index (χ1n) is 8.93. The van der Waals surface area contributed by atoms with E-state index in [9.17, 15) is 4.79 Å². The normalized spacial score (nSPS) is 15.4. The number of nitrogens with zero attached hydrogens (tertiary/aromatic N) is 2. The van der Waals surface area contributed by atoms with Crippen LogP contribution in [0, 0.1) is 12.8 Å². The Morgan fingerprint density at radius 3 is 2.80 bits per heavy atom. The molecule has 3 rings (SSSR count). The quantitative estimate of drug-likeness (QED) is 0.788. The van der Waals surface area contributed by atoms with Gasteiger partial charge >= 0.3 is 0 Å². The first-order valence-corrected chi connectivity index (χ1v) is 8.93. The van der Waals surface area contributed by atoms with E-state index in [0.717, 1.165) is 36.1 Å². The summed E-state index contributed by atoms with van der Waals surface area (Å²) < 4.78 is 7.64. The van der Waals surface area contributed by atoms with Gasteiger partial charge in [-0.2, -0.15) is 5.10 Å². The summed E-state index contributed by atoms with van der Waals surface area (Å²) in [5.74, 6) is 0.591. The van der Waals surface area contributed by atoms with Crippen molar-refractivity contribution in [2.24, 2.45) is 5.92 Å². The van der Waals surface area contributed by atoms with Gasteiger partial charge in [-0.15, -0.1) is 0 Å². The van der Waals surface area contributed by atoms with E-state index < -0.39 is 0 Å². The van der Waals surface area contributed by atoms with E-state index in [4.69, 9.17) is 4.74 Å². The van der Waals surface area contributed by atoms with Gasteiger partial charge < -0.3 is 15.4 Å². The molecule has 0 spiro atoms. The van der Waals surface area contributed by atoms with Crippen LogP contribution < -0.4 is 10.6 Å². The predicted molar refractivity (Wildman–Crippen MR) is 98.9 cm³/mol. The molecule has 136 valence electrons. The molecule has 0 bridgehead atoms. The van der Waals surface area contributed by atoms with Gasteiger partial charge in [0.25, 0.3) is 5.91 Å². The number of ether oxygens (including phenoxy) is 1. The van der Waals surface area contributed by atoms with E-state index in [0.29, 0.717) is 24.6 Å². The molecule has 1 aromatic heterocycles. The number of fused-ring (bicyclic) bond motifs is 1. The molecule has 0 atom stereocenters. The molecule has 2 aromatic rings. The van der Waals surface area contributed by atoms with Crippen molar-refractivity contribution in [3.05, 3.63) is 29.5 Å². The van der Waals surface area contributed by atoms with Crippen LogP contribution in [0.4, 0.5) is 0 Å². The molecular weight excluding hydrogens is 316 g/mol. The van der Waals surface area contributed by atoms with Gasteiger partial charge in [0.05, 0.1) is 17.7 Å². The smallest absolute Gasteiger partial charge is 0.251 e. The Kier molecular flexibility index (Phi) is 5.11. The lowest BCUT2D eigenvalue weighted by Crippen LogP contribution is -2.44. The number of aromatic nitrogens is 2. The Morgan fingerprint density at radius 2 is 2.16 bits per heavy atom. The Balaban J connectivity index is 1.66. The summed E-state index contributed by atoms with van der Waals surface area (Å²) in [7, 11) is 0. The monoisotopic (exact) mass is 344 g/mol. The van der Waals surface area contributed by atoms with Crippen molar-refractivity contribution in [1.29, 1.82) is 0 Å². The predicted octanol–water partition coefficient (Wildman–Crippen LogP) is 2.11. The summed E-state index contributed by atoms with van der Waals surface area (Å²) in [6, 6.07) is 3.79. The fourth-order valence-electron chi connectivity index (χ4n) is 2.98. The third-order valence-electron chi connectivity index (χ3n) is 4.48. The van der Waals surface area contributed by atoms with E-state index in [1.54, 1.807) is 0 Å². The first-order chi connectivity index (χ1) is 11.8. The highest BCUT2D eigenvalue weighted by molar-refractivity contribution is 6.00. The van der Waals surface area contributed by atoms with Crippen molar-refractivity contribution in [2.75, 3.05) is 26.2 Å². The molecule has 1 aromatic carbocycles. The lowest BCUT2D eigenvalue weighted by Gasteiger charge is -2.26. The minimum Gasteiger partial charge on any atom is -0.374 e. The van der Waals surface area contributed by atoms with E-state index in [1.165, 1.54) is 0 Å². The zero-order chi connectivity index (χ0) is 18.0. The highest BCUT2D eigenvalue weighted by Gasteiger charge is 2.19. The van der Waals surface area contributed by atoms with E-state index >= 15 is 0 Å². The molecule has 1 aliphatic rings. The van der Waals surface area contributed by atoms with Crippen molar-refractivity contribution in [3.8, 4) is 0 Å². The first kappa shape index (κ1) is 17.9. The van der Waals surface area contributed by atoms with E-state index in [-0.39, 0.29) is 11.5 Å². The summed E-state index contributed by atoms with van der Waals surface area (Å²) in [5.41, 5.74) is 2.43. The van der Waals surface area contributed by atoms with Gasteiger partial charge in [0.15, 0.2) is 0 Å². The van der Waals surface area contributed by atoms with Crippen molar-refractivity contribution in [2.45, 2.75) is 39.8 Å². The van der Waals surface area contributed by atoms with Crippen LogP contribution in [0.5, 0.6) is 0 Å². The minimum absolute atomic E-state index is 0.0622. The summed E-state index contributed by atoms with van der Waals surface area (Å²) >= 11 is 0. The highest BCUT2D eigenvalue weighted by Crippen LogP contribution is 2.22. The zero-order valence-corrected chi connectivity index (χ0v) is 15.6. The van der Waals surface area contributed by atoms with Gasteiger partial charge in [0.1, 0.15) is 0 Å². The molecule has 1 saturated heterocycles. The van der Waals surface area contributed by atoms with Crippen LogP contribution in [0.3, 0.4) is 0 Å². The number of benzene rings is 1. The Morgan fingerprint density at radius 1 is 1.40 bits per heavy atom. The fourth-order valence-corrected chi connectivity index (χ4v) is 2.98. The van der Waals surface area contributed by atoms with Crippen molar-refractivity contribution < 1.29 is 9.53 Å². The van der Waals surface area contributed by atoms with Gasteiger partial charge in [-0.1, -0.05) is 0 Å². The molecule has 1 fully saturated rings. The average molecular weight is 344 g/mol. The summed E-state index contributed by atoms with van der Waals surface area (Å²) in [4.78, 5) is 12.5. The van der Waals surface area contributed by atoms with Crippen molar-refractivity contribution >= 4 is 16.8 Å². The molecule has 6 heteroatoms. The second-order valence-electron chi connectivity index (χ2n) is 7.76. The van der Waals surface area contributed by atoms with Crippen LogP contribution in [0.25, 0.3) is 10.9 Å². The number of rotatable bonds is 6. The minimum atomic E-state index is -0.190. The van der Waals surface area contributed by atoms with Gasteiger partial charge in [0, 0.05) is 49.2 Å². The molecule has 25 heavy (non-hydrogen) atoms. The van der Waals surface area contributed by atoms with Gasteiger partial charge in [-0.05, 0) is 45.4 Å². The third kappa shape index (κ3) is 4.38. The maximum absolute atomic E-state index is 12.5. The molecule has 0 radical (unpaired) electrons. The number of amides is 1. The lowest BCUT2D eigenvalue weighted by molar-refractivity contribution is -0.000655. The van der Waals surface area contributed by atoms with E-state index in [1.807, 2.05) is 44.5 Å². The number of carbonyl (C=O) groups excluding carboxylic acids is 1. The Labute approximate surface area is 148 Å². The van der Waals surface area contributed by atoms with Gasteiger partial charge in [-0.3, -0.25) is 9.48 Å². The molecule has 0 aliphatic carbocycles. The van der Waals surface area contributed by atoms with Crippen LogP contribution in [-0.4, -0.2) is 47.5 Å². The topological polar surface area (TPSA) is 68.2 Å². The largest absolute Gasteiger partial charge is 0.374 e.